The van der Waals surface area contributed by atoms with E-state index in [0.29, 0.717) is 0 Å². The predicted octanol–water partition coefficient (Wildman–Crippen LogP) is -0.449. The Morgan fingerprint density at radius 2 is 2.33 bits per heavy atom. The smallest absolute Gasteiger partial charge is 0.281 e. The third-order valence-electron chi connectivity index (χ3n) is 1.17. The van der Waals surface area contributed by atoms with E-state index >= 15 is 0 Å². The van der Waals surface area contributed by atoms with Crippen LogP contribution in [-0.4, -0.2) is 21.1 Å². The first-order valence-corrected chi connectivity index (χ1v) is 3.32. The first kappa shape index (κ1) is 8.62. The molecule has 0 fully saturated rings. The number of nitrogens with one attached hydrogen (secondary N) is 3. The highest BCUT2D eigenvalue weighted by molar-refractivity contribution is 7.71. The molecular formula is C5H5N3O3S. The quantitative estimate of drug-likeness (QED) is 0.272. The number of H-pyrrole nitrogens is 2. The number of amides is 1. The molecule has 0 unspecified atom stereocenters. The van der Waals surface area contributed by atoms with E-state index in [1.807, 2.05) is 0 Å². The maximum absolute atomic E-state index is 10.9. The molecule has 1 heterocycles. The molecule has 4 N–H and O–H groups in total. The van der Waals surface area contributed by atoms with Crippen molar-refractivity contribution in [3.05, 3.63) is 26.9 Å². The Balaban J connectivity index is 3.28. The molecule has 0 saturated heterocycles. The van der Waals surface area contributed by atoms with Crippen LogP contribution in [0.2, 0.25) is 0 Å². The maximum atomic E-state index is 10.9. The summed E-state index contributed by atoms with van der Waals surface area (Å²) in [6.07, 6.45) is 1.12. The average Bonchev–Trinajstić information content (AvgIpc) is 2.03. The summed E-state index contributed by atoms with van der Waals surface area (Å²) in [4.78, 5) is 26.3. The predicted molar refractivity (Wildman–Crippen MR) is 41.5 cm³/mol. The fourth-order valence-electron chi connectivity index (χ4n) is 0.639. The molecule has 64 valence electrons. The molecule has 0 aliphatic carbocycles. The number of hydrogen-bond acceptors (Lipinski definition) is 4. The average molecular weight is 187 g/mol. The topological polar surface area (TPSA) is 98.0 Å². The second kappa shape index (κ2) is 3.28. The zero-order valence-electron chi connectivity index (χ0n) is 5.75. The number of hydrogen-bond donors (Lipinski definition) is 4. The lowest BCUT2D eigenvalue weighted by Crippen LogP contribution is -2.27. The molecule has 0 saturated carbocycles. The molecule has 0 radical (unpaired) electrons. The fraction of sp³-hybridized carbons (Fsp3) is 0. The lowest BCUT2D eigenvalue weighted by molar-refractivity contribution is 0.0704. The zero-order chi connectivity index (χ0) is 9.14. The summed E-state index contributed by atoms with van der Waals surface area (Å²) < 4.78 is 0.120. The molecule has 0 bridgehead atoms. The normalized spacial score (nSPS) is 9.42. The Kier molecular flexibility index (Phi) is 2.36. The van der Waals surface area contributed by atoms with Crippen molar-refractivity contribution in [2.75, 3.05) is 0 Å². The first-order chi connectivity index (χ1) is 5.65. The Bertz CT molecular complexity index is 407. The summed E-state index contributed by atoms with van der Waals surface area (Å²) >= 11 is 4.58. The minimum absolute atomic E-state index is 0.120. The van der Waals surface area contributed by atoms with Gasteiger partial charge in [0.05, 0.1) is 0 Å². The Morgan fingerprint density at radius 1 is 1.67 bits per heavy atom. The fourth-order valence-corrected chi connectivity index (χ4v) is 0.790. The summed E-state index contributed by atoms with van der Waals surface area (Å²) in [6.45, 7) is 0. The highest BCUT2D eigenvalue weighted by Gasteiger charge is 2.07. The van der Waals surface area contributed by atoms with Crippen LogP contribution in [0.3, 0.4) is 0 Å². The molecule has 1 amide bonds. The van der Waals surface area contributed by atoms with Gasteiger partial charge in [-0.05, 0) is 12.2 Å². The number of carbonyl (C=O) groups excluding carboxylic acids is 1. The van der Waals surface area contributed by atoms with Crippen molar-refractivity contribution < 1.29 is 10.0 Å². The minimum atomic E-state index is -0.887. The number of hydroxylamine groups is 1. The van der Waals surface area contributed by atoms with Crippen LogP contribution in [0, 0.1) is 4.77 Å². The van der Waals surface area contributed by atoms with E-state index in [-0.39, 0.29) is 10.3 Å². The maximum Gasteiger partial charge on any atom is 0.281 e. The highest BCUT2D eigenvalue weighted by atomic mass is 32.1. The minimum Gasteiger partial charge on any atom is -0.338 e. The van der Waals surface area contributed by atoms with Gasteiger partial charge in [-0.2, -0.15) is 0 Å². The molecule has 0 aliphatic rings. The van der Waals surface area contributed by atoms with Crippen LogP contribution in [0.25, 0.3) is 0 Å². The largest absolute Gasteiger partial charge is 0.338 e. The van der Waals surface area contributed by atoms with Gasteiger partial charge < -0.3 is 4.98 Å². The van der Waals surface area contributed by atoms with Gasteiger partial charge in [-0.25, -0.2) is 5.48 Å². The van der Waals surface area contributed by atoms with Crippen LogP contribution in [0.4, 0.5) is 0 Å². The zero-order valence-corrected chi connectivity index (χ0v) is 6.57. The van der Waals surface area contributed by atoms with Crippen LogP contribution < -0.4 is 11.0 Å². The summed E-state index contributed by atoms with van der Waals surface area (Å²) in [5.74, 6) is -0.887. The Labute approximate surface area is 71.2 Å². The van der Waals surface area contributed by atoms with Gasteiger partial charge >= 0.3 is 0 Å². The molecule has 0 atom stereocenters. The summed E-state index contributed by atoms with van der Waals surface area (Å²) in [5.41, 5.74) is 0.450. The van der Waals surface area contributed by atoms with Crippen LogP contribution in [0.5, 0.6) is 0 Å². The van der Waals surface area contributed by atoms with E-state index in [2.05, 4.69) is 22.2 Å². The van der Waals surface area contributed by atoms with E-state index in [1.54, 1.807) is 0 Å². The molecule has 0 aliphatic heterocycles. The van der Waals surface area contributed by atoms with Gasteiger partial charge in [-0.1, -0.05) is 0 Å². The third-order valence-corrected chi connectivity index (χ3v) is 1.39. The van der Waals surface area contributed by atoms with Crippen molar-refractivity contribution in [2.45, 2.75) is 0 Å². The van der Waals surface area contributed by atoms with Crippen LogP contribution in [-0.2, 0) is 0 Å². The van der Waals surface area contributed by atoms with E-state index in [0.717, 1.165) is 6.20 Å². The summed E-state index contributed by atoms with van der Waals surface area (Å²) in [6, 6.07) is 0. The van der Waals surface area contributed by atoms with Crippen LogP contribution in [0.15, 0.2) is 11.0 Å². The molecule has 1 aromatic rings. The van der Waals surface area contributed by atoms with Crippen molar-refractivity contribution in [1.82, 2.24) is 15.4 Å². The van der Waals surface area contributed by atoms with Crippen molar-refractivity contribution in [2.24, 2.45) is 0 Å². The molecule has 7 heteroatoms. The van der Waals surface area contributed by atoms with Gasteiger partial charge in [-0.15, -0.1) is 0 Å². The van der Waals surface area contributed by atoms with Crippen molar-refractivity contribution in [3.8, 4) is 0 Å². The van der Waals surface area contributed by atoms with Crippen LogP contribution in [0.1, 0.15) is 10.4 Å². The number of aromatic nitrogens is 2. The van der Waals surface area contributed by atoms with Crippen molar-refractivity contribution in [3.63, 3.8) is 0 Å². The monoisotopic (exact) mass is 187 g/mol. The SMILES string of the molecule is O=C(NO)c1c[nH]c(=S)[nH]c1=O. The van der Waals surface area contributed by atoms with E-state index in [1.165, 1.54) is 5.48 Å². The molecule has 0 aromatic carbocycles. The van der Waals surface area contributed by atoms with Crippen LogP contribution >= 0.6 is 12.2 Å². The summed E-state index contributed by atoms with van der Waals surface area (Å²) in [5, 5.41) is 8.19. The number of aromatic amines is 2. The van der Waals surface area contributed by atoms with Gasteiger partial charge in [0, 0.05) is 6.20 Å². The van der Waals surface area contributed by atoms with Gasteiger partial charge in [0.2, 0.25) is 0 Å². The molecule has 6 nitrogen and oxygen atoms in total. The number of carbonyl (C=O) groups is 1. The lowest BCUT2D eigenvalue weighted by Gasteiger charge is -1.95. The second-order valence-electron chi connectivity index (χ2n) is 1.93. The van der Waals surface area contributed by atoms with E-state index < -0.39 is 11.5 Å². The van der Waals surface area contributed by atoms with Crippen molar-refractivity contribution in [1.29, 1.82) is 0 Å². The summed E-state index contributed by atoms with van der Waals surface area (Å²) in [7, 11) is 0. The molecule has 12 heavy (non-hydrogen) atoms. The Hall–Kier alpha value is -1.47. The second-order valence-corrected chi connectivity index (χ2v) is 2.33. The van der Waals surface area contributed by atoms with Gasteiger partial charge in [0.25, 0.3) is 11.5 Å². The molecule has 1 aromatic heterocycles. The first-order valence-electron chi connectivity index (χ1n) is 2.91. The third kappa shape index (κ3) is 1.57. The van der Waals surface area contributed by atoms with E-state index in [4.69, 9.17) is 5.21 Å². The van der Waals surface area contributed by atoms with Gasteiger partial charge in [-0.3, -0.25) is 19.8 Å². The molecule has 1 rings (SSSR count). The van der Waals surface area contributed by atoms with Crippen molar-refractivity contribution >= 4 is 18.1 Å². The number of rotatable bonds is 1. The van der Waals surface area contributed by atoms with Gasteiger partial charge in [0.1, 0.15) is 5.56 Å². The lowest BCUT2D eigenvalue weighted by atomic mass is 10.3. The Morgan fingerprint density at radius 3 is 2.83 bits per heavy atom. The van der Waals surface area contributed by atoms with Gasteiger partial charge in [0.15, 0.2) is 4.77 Å². The highest BCUT2D eigenvalue weighted by Crippen LogP contribution is 1.85. The molecular weight excluding hydrogens is 182 g/mol. The van der Waals surface area contributed by atoms with E-state index in [9.17, 15) is 9.59 Å². The molecule has 0 spiro atoms. The standard InChI is InChI=1S/C5H5N3O3S/c9-3-2(4(10)8-11)1-6-5(12)7-3/h1,11H,(H,8,10)(H2,6,7,9,12).